The third-order valence-electron chi connectivity index (χ3n) is 3.83. The van der Waals surface area contributed by atoms with Gasteiger partial charge in [0.05, 0.1) is 19.3 Å². The number of urea groups is 1. The number of nitrogens with zero attached hydrogens (tertiary/aromatic N) is 1. The molecular formula is C13H23N3O4. The van der Waals surface area contributed by atoms with Crippen molar-refractivity contribution in [2.45, 2.75) is 31.3 Å². The molecule has 7 nitrogen and oxygen atoms in total. The van der Waals surface area contributed by atoms with E-state index in [4.69, 9.17) is 9.84 Å². The van der Waals surface area contributed by atoms with E-state index in [1.165, 1.54) is 17.7 Å². The first-order valence-corrected chi connectivity index (χ1v) is 7.14. The Morgan fingerprint density at radius 3 is 2.70 bits per heavy atom. The SMILES string of the molecule is CN(C(=O)NCCCNC1CC1)C1COCC1C(=O)O. The van der Waals surface area contributed by atoms with Crippen LogP contribution in [-0.4, -0.2) is 67.4 Å². The molecule has 0 aromatic rings. The summed E-state index contributed by atoms with van der Waals surface area (Å²) in [4.78, 5) is 24.5. The van der Waals surface area contributed by atoms with Crippen LogP contribution in [0, 0.1) is 5.92 Å². The molecular weight excluding hydrogens is 262 g/mol. The Morgan fingerprint density at radius 2 is 2.05 bits per heavy atom. The number of rotatable bonds is 7. The Bertz CT molecular complexity index is 360. The van der Waals surface area contributed by atoms with Gasteiger partial charge in [0.2, 0.25) is 0 Å². The number of amides is 2. The smallest absolute Gasteiger partial charge is 0.317 e. The highest BCUT2D eigenvalue weighted by Crippen LogP contribution is 2.19. The van der Waals surface area contributed by atoms with Gasteiger partial charge in [-0.2, -0.15) is 0 Å². The zero-order valence-corrected chi connectivity index (χ0v) is 11.8. The van der Waals surface area contributed by atoms with Crippen LogP contribution in [0.1, 0.15) is 19.3 Å². The summed E-state index contributed by atoms with van der Waals surface area (Å²) in [7, 11) is 1.62. The zero-order chi connectivity index (χ0) is 14.5. The van der Waals surface area contributed by atoms with Crippen LogP contribution in [-0.2, 0) is 9.53 Å². The van der Waals surface area contributed by atoms with E-state index in [1.807, 2.05) is 0 Å². The van der Waals surface area contributed by atoms with Gasteiger partial charge in [-0.3, -0.25) is 4.79 Å². The van der Waals surface area contributed by atoms with E-state index in [9.17, 15) is 9.59 Å². The number of likely N-dealkylation sites (N-methyl/N-ethyl adjacent to an activating group) is 1. The second-order valence-electron chi connectivity index (χ2n) is 5.47. The molecule has 20 heavy (non-hydrogen) atoms. The Balaban J connectivity index is 1.66. The highest BCUT2D eigenvalue weighted by Gasteiger charge is 2.38. The minimum Gasteiger partial charge on any atom is -0.481 e. The third kappa shape index (κ3) is 4.08. The zero-order valence-electron chi connectivity index (χ0n) is 11.8. The van der Waals surface area contributed by atoms with E-state index in [0.717, 1.165) is 13.0 Å². The Hall–Kier alpha value is -1.34. The molecule has 1 saturated heterocycles. The van der Waals surface area contributed by atoms with Gasteiger partial charge in [-0.25, -0.2) is 4.79 Å². The molecule has 1 saturated carbocycles. The van der Waals surface area contributed by atoms with Crippen molar-refractivity contribution >= 4 is 12.0 Å². The van der Waals surface area contributed by atoms with Gasteiger partial charge in [0.1, 0.15) is 5.92 Å². The van der Waals surface area contributed by atoms with E-state index in [-0.39, 0.29) is 19.2 Å². The van der Waals surface area contributed by atoms with Crippen LogP contribution in [0.25, 0.3) is 0 Å². The lowest BCUT2D eigenvalue weighted by Crippen LogP contribution is -2.48. The number of carbonyl (C=O) groups excluding carboxylic acids is 1. The van der Waals surface area contributed by atoms with Crippen LogP contribution in [0.3, 0.4) is 0 Å². The van der Waals surface area contributed by atoms with Crippen molar-refractivity contribution in [3.05, 3.63) is 0 Å². The maximum absolute atomic E-state index is 12.0. The lowest BCUT2D eigenvalue weighted by molar-refractivity contribution is -0.142. The average molecular weight is 285 g/mol. The fraction of sp³-hybridized carbons (Fsp3) is 0.846. The van der Waals surface area contributed by atoms with Gasteiger partial charge in [-0.15, -0.1) is 0 Å². The summed E-state index contributed by atoms with van der Waals surface area (Å²) in [6.07, 6.45) is 3.39. The molecule has 2 atom stereocenters. The minimum atomic E-state index is -0.916. The predicted molar refractivity (Wildman–Crippen MR) is 72.5 cm³/mol. The molecule has 3 N–H and O–H groups in total. The summed E-state index contributed by atoms with van der Waals surface area (Å²) >= 11 is 0. The Labute approximate surface area is 118 Å². The van der Waals surface area contributed by atoms with Crippen LogP contribution in [0.4, 0.5) is 4.79 Å². The summed E-state index contributed by atoms with van der Waals surface area (Å²) in [6, 6.07) is 0.0515. The number of carboxylic acids is 1. The van der Waals surface area contributed by atoms with Crippen molar-refractivity contribution in [2.24, 2.45) is 5.92 Å². The minimum absolute atomic E-state index is 0.170. The third-order valence-corrected chi connectivity index (χ3v) is 3.83. The molecule has 0 aromatic heterocycles. The molecule has 0 radical (unpaired) electrons. The quantitative estimate of drug-likeness (QED) is 0.567. The summed E-state index contributed by atoms with van der Waals surface area (Å²) in [5.41, 5.74) is 0. The molecule has 7 heteroatoms. The van der Waals surface area contributed by atoms with Gasteiger partial charge in [0, 0.05) is 19.6 Å². The van der Waals surface area contributed by atoms with Crippen LogP contribution in [0.5, 0.6) is 0 Å². The number of carbonyl (C=O) groups is 2. The summed E-state index contributed by atoms with van der Waals surface area (Å²) in [5.74, 6) is -1.55. The Kier molecular flexibility index (Phi) is 5.19. The van der Waals surface area contributed by atoms with Crippen molar-refractivity contribution in [3.8, 4) is 0 Å². The molecule has 2 amide bonds. The maximum Gasteiger partial charge on any atom is 0.317 e. The normalized spacial score (nSPS) is 25.4. The molecule has 2 unspecified atom stereocenters. The summed E-state index contributed by atoms with van der Waals surface area (Å²) < 4.78 is 5.17. The van der Waals surface area contributed by atoms with Gasteiger partial charge in [-0.05, 0) is 25.8 Å². The first kappa shape index (κ1) is 15.1. The molecule has 2 aliphatic rings. The van der Waals surface area contributed by atoms with Crippen molar-refractivity contribution in [1.82, 2.24) is 15.5 Å². The first-order chi connectivity index (χ1) is 9.59. The van der Waals surface area contributed by atoms with Crippen LogP contribution in [0.15, 0.2) is 0 Å². The van der Waals surface area contributed by atoms with Crippen molar-refractivity contribution in [3.63, 3.8) is 0 Å². The van der Waals surface area contributed by atoms with Gasteiger partial charge in [-0.1, -0.05) is 0 Å². The number of aliphatic carboxylic acids is 1. The van der Waals surface area contributed by atoms with Gasteiger partial charge in [0.15, 0.2) is 0 Å². The highest BCUT2D eigenvalue weighted by molar-refractivity contribution is 5.77. The number of hydrogen-bond donors (Lipinski definition) is 3. The van der Waals surface area contributed by atoms with Crippen LogP contribution in [0.2, 0.25) is 0 Å². The molecule has 2 fully saturated rings. The van der Waals surface area contributed by atoms with Crippen LogP contribution < -0.4 is 10.6 Å². The van der Waals surface area contributed by atoms with E-state index >= 15 is 0 Å². The number of carboxylic acid groups (broad SMARTS) is 1. The van der Waals surface area contributed by atoms with E-state index in [0.29, 0.717) is 12.6 Å². The Morgan fingerprint density at radius 1 is 1.30 bits per heavy atom. The highest BCUT2D eigenvalue weighted by atomic mass is 16.5. The largest absolute Gasteiger partial charge is 0.481 e. The second kappa shape index (κ2) is 6.90. The summed E-state index contributed by atoms with van der Waals surface area (Å²) in [5, 5.41) is 15.3. The monoisotopic (exact) mass is 285 g/mol. The number of hydrogen-bond acceptors (Lipinski definition) is 4. The first-order valence-electron chi connectivity index (χ1n) is 7.14. The summed E-state index contributed by atoms with van der Waals surface area (Å²) in [6.45, 7) is 1.94. The fourth-order valence-corrected chi connectivity index (χ4v) is 2.31. The molecule has 1 aliphatic carbocycles. The molecule has 0 aromatic carbocycles. The van der Waals surface area contributed by atoms with Gasteiger partial charge >= 0.3 is 12.0 Å². The molecule has 2 rings (SSSR count). The van der Waals surface area contributed by atoms with Gasteiger partial charge in [0.25, 0.3) is 0 Å². The fourth-order valence-electron chi connectivity index (χ4n) is 2.31. The van der Waals surface area contributed by atoms with Gasteiger partial charge < -0.3 is 25.4 Å². The molecule has 1 heterocycles. The predicted octanol–water partition coefficient (Wildman–Crippen LogP) is -0.130. The lowest BCUT2D eigenvalue weighted by Gasteiger charge is -2.26. The average Bonchev–Trinajstić information content (AvgIpc) is 3.10. The standard InChI is InChI=1S/C13H23N3O4/c1-16(11-8-20-7-10(11)12(17)18)13(19)15-6-2-5-14-9-3-4-9/h9-11,14H,2-8H2,1H3,(H,15,19)(H,17,18). The molecule has 114 valence electrons. The number of nitrogens with one attached hydrogen (secondary N) is 2. The van der Waals surface area contributed by atoms with E-state index in [2.05, 4.69) is 10.6 Å². The maximum atomic E-state index is 12.0. The van der Waals surface area contributed by atoms with Crippen molar-refractivity contribution in [2.75, 3.05) is 33.4 Å². The molecule has 0 spiro atoms. The van der Waals surface area contributed by atoms with Crippen molar-refractivity contribution in [1.29, 1.82) is 0 Å². The lowest BCUT2D eigenvalue weighted by atomic mass is 10.0. The second-order valence-corrected chi connectivity index (χ2v) is 5.47. The number of ether oxygens (including phenoxy) is 1. The van der Waals surface area contributed by atoms with E-state index in [1.54, 1.807) is 7.05 Å². The molecule has 1 aliphatic heterocycles. The van der Waals surface area contributed by atoms with Crippen molar-refractivity contribution < 1.29 is 19.4 Å². The topological polar surface area (TPSA) is 90.9 Å². The molecule has 0 bridgehead atoms. The van der Waals surface area contributed by atoms with E-state index < -0.39 is 17.9 Å². The van der Waals surface area contributed by atoms with Crippen LogP contribution >= 0.6 is 0 Å².